The Morgan fingerprint density at radius 3 is 2.32 bits per heavy atom. The van der Waals surface area contributed by atoms with Gasteiger partial charge in [0.05, 0.1) is 19.7 Å². The standard InChI is InChI=1S/C18H17N3O2.C2H6/c1-12-14-9-16(22-2)17(23-3)10-15(14)21-18(20-12)7-6-13-5-4-8-19-11-13;1-2/h4-11H,1-3H3;1-2H3/b7-6+;. The van der Waals surface area contributed by atoms with E-state index in [-0.39, 0.29) is 0 Å². The number of pyridine rings is 1. The number of aromatic nitrogens is 3. The SMILES string of the molecule is CC.COc1cc2nc(/C=C/c3cccnc3)nc(C)c2cc1OC. The first-order chi connectivity index (χ1) is 12.2. The Labute approximate surface area is 148 Å². The maximum absolute atomic E-state index is 5.34. The van der Waals surface area contributed by atoms with E-state index in [4.69, 9.17) is 9.47 Å². The van der Waals surface area contributed by atoms with Crippen LogP contribution in [0.4, 0.5) is 0 Å². The molecule has 3 rings (SSSR count). The van der Waals surface area contributed by atoms with E-state index in [0.717, 1.165) is 22.2 Å². The van der Waals surface area contributed by atoms with Crippen LogP contribution in [-0.2, 0) is 0 Å². The summed E-state index contributed by atoms with van der Waals surface area (Å²) in [4.78, 5) is 13.2. The lowest BCUT2D eigenvalue weighted by Gasteiger charge is -2.10. The van der Waals surface area contributed by atoms with Crippen LogP contribution in [-0.4, -0.2) is 29.2 Å². The second-order valence-corrected chi connectivity index (χ2v) is 5.01. The van der Waals surface area contributed by atoms with E-state index in [1.165, 1.54) is 0 Å². The summed E-state index contributed by atoms with van der Waals surface area (Å²) in [6.45, 7) is 5.96. The molecule has 2 heterocycles. The van der Waals surface area contributed by atoms with Crippen LogP contribution in [0.1, 0.15) is 30.9 Å². The highest BCUT2D eigenvalue weighted by molar-refractivity contribution is 5.85. The van der Waals surface area contributed by atoms with E-state index >= 15 is 0 Å². The molecule has 2 aromatic heterocycles. The van der Waals surface area contributed by atoms with E-state index in [9.17, 15) is 0 Å². The third-order valence-corrected chi connectivity index (χ3v) is 3.52. The number of methoxy groups -OCH3 is 2. The van der Waals surface area contributed by atoms with Crippen molar-refractivity contribution >= 4 is 23.1 Å². The first kappa shape index (κ1) is 18.4. The molecule has 0 saturated carbocycles. The summed E-state index contributed by atoms with van der Waals surface area (Å²) in [6.07, 6.45) is 7.35. The first-order valence-electron chi connectivity index (χ1n) is 8.19. The van der Waals surface area contributed by atoms with Gasteiger partial charge >= 0.3 is 0 Å². The maximum Gasteiger partial charge on any atom is 0.162 e. The van der Waals surface area contributed by atoms with Crippen molar-refractivity contribution in [2.75, 3.05) is 14.2 Å². The molecule has 0 unspecified atom stereocenters. The van der Waals surface area contributed by atoms with E-state index in [1.54, 1.807) is 26.6 Å². The largest absolute Gasteiger partial charge is 0.493 e. The normalized spacial score (nSPS) is 10.4. The van der Waals surface area contributed by atoms with Crippen LogP contribution in [0.2, 0.25) is 0 Å². The average molecular weight is 337 g/mol. The van der Waals surface area contributed by atoms with Crippen molar-refractivity contribution in [2.45, 2.75) is 20.8 Å². The minimum Gasteiger partial charge on any atom is -0.493 e. The summed E-state index contributed by atoms with van der Waals surface area (Å²) in [7, 11) is 3.23. The molecule has 5 heteroatoms. The molecule has 5 nitrogen and oxygen atoms in total. The zero-order chi connectivity index (χ0) is 18.2. The molecule has 0 saturated heterocycles. The van der Waals surface area contributed by atoms with Gasteiger partial charge in [-0.25, -0.2) is 9.97 Å². The van der Waals surface area contributed by atoms with Crippen LogP contribution in [0.3, 0.4) is 0 Å². The number of rotatable bonds is 4. The van der Waals surface area contributed by atoms with Crippen molar-refractivity contribution in [1.29, 1.82) is 0 Å². The number of benzene rings is 1. The predicted octanol–water partition coefficient (Wildman–Crippen LogP) is 4.55. The molecule has 3 aromatic rings. The molecule has 0 aliphatic heterocycles. The fourth-order valence-electron chi connectivity index (χ4n) is 2.35. The summed E-state index contributed by atoms with van der Waals surface area (Å²) >= 11 is 0. The highest BCUT2D eigenvalue weighted by Crippen LogP contribution is 2.32. The van der Waals surface area contributed by atoms with Gasteiger partial charge in [-0.15, -0.1) is 0 Å². The Hall–Kier alpha value is -2.95. The number of nitrogens with zero attached hydrogens (tertiary/aromatic N) is 3. The molecule has 0 N–H and O–H groups in total. The number of hydrogen-bond acceptors (Lipinski definition) is 5. The van der Waals surface area contributed by atoms with Crippen molar-refractivity contribution in [3.8, 4) is 11.5 Å². The van der Waals surface area contributed by atoms with Gasteiger partial charge in [0.25, 0.3) is 0 Å². The lowest BCUT2D eigenvalue weighted by Crippen LogP contribution is -1.96. The molecule has 0 aliphatic carbocycles. The van der Waals surface area contributed by atoms with Gasteiger partial charge in [0, 0.05) is 29.5 Å². The Balaban J connectivity index is 0.00000109. The topological polar surface area (TPSA) is 57.1 Å². The van der Waals surface area contributed by atoms with Crippen LogP contribution in [0.25, 0.3) is 23.1 Å². The summed E-state index contributed by atoms with van der Waals surface area (Å²) < 4.78 is 10.7. The molecule has 130 valence electrons. The molecule has 0 spiro atoms. The Kier molecular flexibility index (Phi) is 6.46. The van der Waals surface area contributed by atoms with Gasteiger partial charge in [0.15, 0.2) is 17.3 Å². The summed E-state index contributed by atoms with van der Waals surface area (Å²) in [5.41, 5.74) is 2.71. The van der Waals surface area contributed by atoms with Crippen LogP contribution < -0.4 is 9.47 Å². The summed E-state index contributed by atoms with van der Waals surface area (Å²) in [5, 5.41) is 0.946. The van der Waals surface area contributed by atoms with Crippen molar-refractivity contribution in [1.82, 2.24) is 15.0 Å². The Morgan fingerprint density at radius 2 is 1.68 bits per heavy atom. The van der Waals surface area contributed by atoms with Crippen molar-refractivity contribution < 1.29 is 9.47 Å². The third-order valence-electron chi connectivity index (χ3n) is 3.52. The molecule has 0 fully saturated rings. The molecule has 1 aromatic carbocycles. The first-order valence-corrected chi connectivity index (χ1v) is 8.19. The van der Waals surface area contributed by atoms with Gasteiger partial charge in [-0.3, -0.25) is 4.98 Å². The smallest absolute Gasteiger partial charge is 0.162 e. The van der Waals surface area contributed by atoms with Gasteiger partial charge in [-0.1, -0.05) is 19.9 Å². The van der Waals surface area contributed by atoms with Crippen molar-refractivity contribution in [3.63, 3.8) is 0 Å². The lowest BCUT2D eigenvalue weighted by atomic mass is 10.1. The van der Waals surface area contributed by atoms with Gasteiger partial charge in [0.1, 0.15) is 0 Å². The summed E-state index contributed by atoms with van der Waals surface area (Å²) in [6, 6.07) is 7.64. The molecule has 0 bridgehead atoms. The second kappa shape index (κ2) is 8.78. The minimum atomic E-state index is 0.645. The van der Waals surface area contributed by atoms with Gasteiger partial charge in [-0.05, 0) is 36.8 Å². The van der Waals surface area contributed by atoms with Gasteiger partial charge in [0.2, 0.25) is 0 Å². The molecular weight excluding hydrogens is 314 g/mol. The highest BCUT2D eigenvalue weighted by Gasteiger charge is 2.10. The molecule has 0 radical (unpaired) electrons. The number of fused-ring (bicyclic) bond motifs is 1. The van der Waals surface area contributed by atoms with Crippen LogP contribution in [0, 0.1) is 6.92 Å². The monoisotopic (exact) mass is 337 g/mol. The third kappa shape index (κ3) is 4.32. The minimum absolute atomic E-state index is 0.645. The second-order valence-electron chi connectivity index (χ2n) is 5.01. The number of hydrogen-bond donors (Lipinski definition) is 0. The Morgan fingerprint density at radius 1 is 0.960 bits per heavy atom. The van der Waals surface area contributed by atoms with Crippen LogP contribution in [0.5, 0.6) is 11.5 Å². The van der Waals surface area contributed by atoms with E-state index in [2.05, 4.69) is 15.0 Å². The maximum atomic E-state index is 5.34. The summed E-state index contributed by atoms with van der Waals surface area (Å²) in [5.74, 6) is 1.97. The fourth-order valence-corrected chi connectivity index (χ4v) is 2.35. The van der Waals surface area contributed by atoms with Gasteiger partial charge < -0.3 is 9.47 Å². The highest BCUT2D eigenvalue weighted by atomic mass is 16.5. The molecular formula is C20H23N3O2. The molecule has 0 amide bonds. The zero-order valence-electron chi connectivity index (χ0n) is 15.3. The number of ether oxygens (including phenoxy) is 2. The van der Waals surface area contributed by atoms with E-state index < -0.39 is 0 Å². The molecule has 0 atom stereocenters. The number of aryl methyl sites for hydroxylation is 1. The zero-order valence-corrected chi connectivity index (χ0v) is 15.3. The quantitative estimate of drug-likeness (QED) is 0.699. The van der Waals surface area contributed by atoms with Crippen LogP contribution >= 0.6 is 0 Å². The van der Waals surface area contributed by atoms with Crippen molar-refractivity contribution in [3.05, 3.63) is 53.7 Å². The van der Waals surface area contributed by atoms with E-state index in [0.29, 0.717) is 17.3 Å². The molecule has 25 heavy (non-hydrogen) atoms. The molecule has 0 aliphatic rings. The van der Waals surface area contributed by atoms with Crippen LogP contribution in [0.15, 0.2) is 36.7 Å². The Bertz CT molecular complexity index is 862. The average Bonchev–Trinajstić information content (AvgIpc) is 2.67. The van der Waals surface area contributed by atoms with E-state index in [1.807, 2.05) is 57.2 Å². The predicted molar refractivity (Wildman–Crippen MR) is 102 cm³/mol. The van der Waals surface area contributed by atoms with Crippen molar-refractivity contribution in [2.24, 2.45) is 0 Å². The lowest BCUT2D eigenvalue weighted by molar-refractivity contribution is 0.355. The fraction of sp³-hybridized carbons (Fsp3) is 0.250. The van der Waals surface area contributed by atoms with Gasteiger partial charge in [-0.2, -0.15) is 0 Å².